The molecule has 1 saturated heterocycles. The Morgan fingerprint density at radius 1 is 1.50 bits per heavy atom. The molecular weight excluding hydrogens is 228 g/mol. The summed E-state index contributed by atoms with van der Waals surface area (Å²) in [5, 5.41) is 0. The van der Waals surface area contributed by atoms with Crippen molar-refractivity contribution < 1.29 is 4.74 Å². The van der Waals surface area contributed by atoms with Crippen LogP contribution in [0.1, 0.15) is 39.5 Å². The van der Waals surface area contributed by atoms with E-state index in [0.717, 1.165) is 51.1 Å². The van der Waals surface area contributed by atoms with Crippen molar-refractivity contribution in [1.29, 1.82) is 0 Å². The Balaban J connectivity index is 2.36. The third-order valence-electron chi connectivity index (χ3n) is 3.44. The van der Waals surface area contributed by atoms with Gasteiger partial charge in [0.15, 0.2) is 0 Å². The van der Waals surface area contributed by atoms with Crippen LogP contribution in [-0.4, -0.2) is 43.7 Å². The zero-order valence-electron chi connectivity index (χ0n) is 11.8. The van der Waals surface area contributed by atoms with Gasteiger partial charge in [0, 0.05) is 32.8 Å². The Bertz CT molecular complexity index is 245. The van der Waals surface area contributed by atoms with Crippen molar-refractivity contribution in [2.75, 3.05) is 32.8 Å². The maximum Gasteiger partial charge on any atom is 0.208 e. The zero-order valence-corrected chi connectivity index (χ0v) is 11.8. The maximum atomic E-state index is 5.58. The Morgan fingerprint density at radius 3 is 3.00 bits per heavy atom. The minimum absolute atomic E-state index is 0.771. The van der Waals surface area contributed by atoms with Gasteiger partial charge < -0.3 is 9.64 Å². The fraction of sp³-hybridized carbons (Fsp3) is 0.923. The van der Waals surface area contributed by atoms with E-state index in [4.69, 9.17) is 10.6 Å². The van der Waals surface area contributed by atoms with E-state index in [1.807, 2.05) is 6.92 Å². The van der Waals surface area contributed by atoms with Crippen LogP contribution in [0.3, 0.4) is 0 Å². The molecule has 0 spiro atoms. The smallest absolute Gasteiger partial charge is 0.208 e. The number of rotatable bonds is 6. The first kappa shape index (κ1) is 15.2. The SMILES string of the molecule is CCOCCCN=C(NN)N1CCCC(CC)C1. The van der Waals surface area contributed by atoms with Crippen molar-refractivity contribution >= 4 is 5.96 Å². The standard InChI is InChI=1S/C13H28N4O/c1-3-12-7-5-9-17(11-12)13(16-14)15-8-6-10-18-4-2/h12H,3-11,14H2,1-2H3,(H,15,16). The van der Waals surface area contributed by atoms with Crippen LogP contribution >= 0.6 is 0 Å². The molecular formula is C13H28N4O. The van der Waals surface area contributed by atoms with Gasteiger partial charge in [-0.05, 0) is 32.1 Å². The van der Waals surface area contributed by atoms with E-state index >= 15 is 0 Å². The van der Waals surface area contributed by atoms with Crippen LogP contribution in [0.4, 0.5) is 0 Å². The molecule has 18 heavy (non-hydrogen) atoms. The lowest BCUT2D eigenvalue weighted by molar-refractivity contribution is 0.146. The number of nitrogens with zero attached hydrogens (tertiary/aromatic N) is 2. The Kier molecular flexibility index (Phi) is 7.76. The highest BCUT2D eigenvalue weighted by atomic mass is 16.5. The summed E-state index contributed by atoms with van der Waals surface area (Å²) in [6, 6.07) is 0. The van der Waals surface area contributed by atoms with Crippen molar-refractivity contribution in [2.24, 2.45) is 16.8 Å². The first-order valence-electron chi connectivity index (χ1n) is 7.15. The first-order valence-corrected chi connectivity index (χ1v) is 7.15. The maximum absolute atomic E-state index is 5.58. The molecule has 1 aliphatic heterocycles. The summed E-state index contributed by atoms with van der Waals surface area (Å²) in [7, 11) is 0. The van der Waals surface area contributed by atoms with E-state index < -0.39 is 0 Å². The van der Waals surface area contributed by atoms with E-state index in [-0.39, 0.29) is 0 Å². The van der Waals surface area contributed by atoms with Gasteiger partial charge in [0.25, 0.3) is 0 Å². The number of piperidine rings is 1. The number of hydrogen-bond donors (Lipinski definition) is 2. The van der Waals surface area contributed by atoms with E-state index in [0.29, 0.717) is 0 Å². The van der Waals surface area contributed by atoms with E-state index in [9.17, 15) is 0 Å². The van der Waals surface area contributed by atoms with Gasteiger partial charge in [-0.15, -0.1) is 0 Å². The van der Waals surface area contributed by atoms with Gasteiger partial charge in [-0.1, -0.05) is 13.3 Å². The highest BCUT2D eigenvalue weighted by Crippen LogP contribution is 2.18. The zero-order chi connectivity index (χ0) is 13.2. The average Bonchev–Trinajstić information content (AvgIpc) is 2.43. The number of ether oxygens (including phenoxy) is 1. The molecule has 5 nitrogen and oxygen atoms in total. The van der Waals surface area contributed by atoms with Gasteiger partial charge in [0.05, 0.1) is 0 Å². The summed E-state index contributed by atoms with van der Waals surface area (Å²) >= 11 is 0. The first-order chi connectivity index (χ1) is 8.81. The topological polar surface area (TPSA) is 62.9 Å². The molecule has 0 aromatic carbocycles. The van der Waals surface area contributed by atoms with Crippen LogP contribution in [0.2, 0.25) is 0 Å². The summed E-state index contributed by atoms with van der Waals surface area (Å²) in [6.45, 7) is 8.71. The largest absolute Gasteiger partial charge is 0.382 e. The number of hydrogen-bond acceptors (Lipinski definition) is 3. The van der Waals surface area contributed by atoms with Gasteiger partial charge in [-0.2, -0.15) is 0 Å². The summed E-state index contributed by atoms with van der Waals surface area (Å²) in [6.07, 6.45) is 4.75. The number of nitrogens with one attached hydrogen (secondary N) is 1. The molecule has 0 saturated carbocycles. The molecule has 1 fully saturated rings. The molecule has 1 atom stereocenters. The average molecular weight is 256 g/mol. The lowest BCUT2D eigenvalue weighted by atomic mass is 9.96. The highest BCUT2D eigenvalue weighted by Gasteiger charge is 2.20. The van der Waals surface area contributed by atoms with Gasteiger partial charge in [0.2, 0.25) is 5.96 Å². The number of nitrogens with two attached hydrogens (primary N) is 1. The lowest BCUT2D eigenvalue weighted by Gasteiger charge is -2.34. The molecule has 0 aliphatic carbocycles. The predicted molar refractivity (Wildman–Crippen MR) is 75.3 cm³/mol. The second kappa shape index (κ2) is 9.16. The van der Waals surface area contributed by atoms with Crippen LogP contribution < -0.4 is 11.3 Å². The monoisotopic (exact) mass is 256 g/mol. The van der Waals surface area contributed by atoms with Gasteiger partial charge in [-0.3, -0.25) is 10.4 Å². The van der Waals surface area contributed by atoms with E-state index in [1.165, 1.54) is 19.3 Å². The van der Waals surface area contributed by atoms with Crippen LogP contribution in [0, 0.1) is 5.92 Å². The fourth-order valence-corrected chi connectivity index (χ4v) is 2.32. The summed E-state index contributed by atoms with van der Waals surface area (Å²) in [4.78, 5) is 6.81. The molecule has 1 rings (SSSR count). The van der Waals surface area contributed by atoms with Crippen molar-refractivity contribution in [3.05, 3.63) is 0 Å². The lowest BCUT2D eigenvalue weighted by Crippen LogP contribution is -2.49. The molecule has 3 N–H and O–H groups in total. The quantitative estimate of drug-likeness (QED) is 0.248. The minimum atomic E-state index is 0.771. The number of guanidine groups is 1. The summed E-state index contributed by atoms with van der Waals surface area (Å²) in [5.41, 5.74) is 2.74. The second-order valence-corrected chi connectivity index (χ2v) is 4.76. The third kappa shape index (κ3) is 5.23. The van der Waals surface area contributed by atoms with Crippen molar-refractivity contribution in [3.8, 4) is 0 Å². The van der Waals surface area contributed by atoms with Crippen molar-refractivity contribution in [2.45, 2.75) is 39.5 Å². The van der Waals surface area contributed by atoms with Crippen LogP contribution in [-0.2, 0) is 4.74 Å². The molecule has 0 radical (unpaired) electrons. The van der Waals surface area contributed by atoms with E-state index in [2.05, 4.69) is 22.2 Å². The summed E-state index contributed by atoms with van der Waals surface area (Å²) in [5.74, 6) is 7.19. The van der Waals surface area contributed by atoms with Gasteiger partial charge in [0.1, 0.15) is 0 Å². The molecule has 1 aliphatic rings. The van der Waals surface area contributed by atoms with Crippen LogP contribution in [0.5, 0.6) is 0 Å². The molecule has 0 amide bonds. The number of likely N-dealkylation sites (tertiary alicyclic amines) is 1. The second-order valence-electron chi connectivity index (χ2n) is 4.76. The number of hydrazine groups is 1. The molecule has 0 bridgehead atoms. The minimum Gasteiger partial charge on any atom is -0.382 e. The van der Waals surface area contributed by atoms with Crippen LogP contribution in [0.25, 0.3) is 0 Å². The van der Waals surface area contributed by atoms with Gasteiger partial charge in [-0.25, -0.2) is 5.84 Å². The van der Waals surface area contributed by atoms with E-state index in [1.54, 1.807) is 0 Å². The molecule has 5 heteroatoms. The molecule has 0 aromatic rings. The fourth-order valence-electron chi connectivity index (χ4n) is 2.32. The summed E-state index contributed by atoms with van der Waals surface area (Å²) < 4.78 is 5.29. The Labute approximate surface area is 111 Å². The van der Waals surface area contributed by atoms with Crippen molar-refractivity contribution in [1.82, 2.24) is 10.3 Å². The molecule has 1 heterocycles. The van der Waals surface area contributed by atoms with Gasteiger partial charge >= 0.3 is 0 Å². The molecule has 1 unspecified atom stereocenters. The Morgan fingerprint density at radius 2 is 2.33 bits per heavy atom. The predicted octanol–water partition coefficient (Wildman–Crippen LogP) is 1.35. The van der Waals surface area contributed by atoms with Crippen molar-refractivity contribution in [3.63, 3.8) is 0 Å². The van der Waals surface area contributed by atoms with Crippen LogP contribution in [0.15, 0.2) is 4.99 Å². The normalized spacial score (nSPS) is 21.2. The highest BCUT2D eigenvalue weighted by molar-refractivity contribution is 5.79. The number of aliphatic imine (C=N–C) groups is 1. The molecule has 106 valence electrons. The molecule has 0 aromatic heterocycles. The third-order valence-corrected chi connectivity index (χ3v) is 3.44. The Hall–Kier alpha value is -0.810.